The summed E-state index contributed by atoms with van der Waals surface area (Å²) in [4.78, 5) is 29.7. The lowest BCUT2D eigenvalue weighted by Crippen LogP contribution is -2.31. The second kappa shape index (κ2) is 9.04. The minimum Gasteiger partial charge on any atom is -0.466 e. The molecule has 1 amide bonds. The predicted molar refractivity (Wildman–Crippen MR) is 103 cm³/mol. The number of carbonyl (C=O) groups excluding carboxylic acids is 2. The first-order chi connectivity index (χ1) is 13.9. The van der Waals surface area contributed by atoms with Crippen molar-refractivity contribution >= 4 is 39.1 Å². The minimum absolute atomic E-state index is 0.00673. The Morgan fingerprint density at radius 2 is 1.83 bits per heavy atom. The van der Waals surface area contributed by atoms with Crippen molar-refractivity contribution in [1.29, 1.82) is 0 Å². The Morgan fingerprint density at radius 1 is 1.07 bits per heavy atom. The van der Waals surface area contributed by atoms with Crippen LogP contribution in [0.15, 0.2) is 36.4 Å². The third kappa shape index (κ3) is 4.73. The second-order valence-electron chi connectivity index (χ2n) is 6.05. The zero-order valence-corrected chi connectivity index (χ0v) is 16.3. The van der Waals surface area contributed by atoms with E-state index in [-0.39, 0.29) is 41.9 Å². The van der Waals surface area contributed by atoms with E-state index < -0.39 is 29.3 Å². The molecule has 0 aliphatic rings. The number of nitrogens with zero attached hydrogens (tertiary/aromatic N) is 2. The molecule has 0 saturated carbocycles. The number of fused-ring (bicyclic) bond motifs is 1. The summed E-state index contributed by atoms with van der Waals surface area (Å²) in [7, 11) is 0. The normalized spacial score (nSPS) is 10.9. The molecule has 9 heteroatoms. The van der Waals surface area contributed by atoms with Crippen LogP contribution in [0.25, 0.3) is 10.2 Å². The zero-order valence-electron chi connectivity index (χ0n) is 15.5. The van der Waals surface area contributed by atoms with Gasteiger partial charge in [-0.05, 0) is 31.2 Å². The Hall–Kier alpha value is -2.94. The van der Waals surface area contributed by atoms with E-state index in [0.717, 1.165) is 22.3 Å². The maximum Gasteiger partial charge on any atom is 0.306 e. The van der Waals surface area contributed by atoms with E-state index in [9.17, 15) is 22.8 Å². The molecule has 1 heterocycles. The first kappa shape index (κ1) is 20.8. The number of rotatable bonds is 7. The van der Waals surface area contributed by atoms with Crippen LogP contribution in [0.1, 0.15) is 24.8 Å². The fourth-order valence-corrected chi connectivity index (χ4v) is 3.72. The molecule has 0 radical (unpaired) electrons. The van der Waals surface area contributed by atoms with Gasteiger partial charge < -0.3 is 9.64 Å². The first-order valence-electron chi connectivity index (χ1n) is 8.84. The van der Waals surface area contributed by atoms with E-state index in [0.29, 0.717) is 5.01 Å². The van der Waals surface area contributed by atoms with Gasteiger partial charge in [-0.1, -0.05) is 12.1 Å². The summed E-state index contributed by atoms with van der Waals surface area (Å²) in [5.74, 6) is -3.70. The fraction of sp³-hybridized carbons (Fsp3) is 0.250. The number of para-hydroxylation sites is 1. The van der Waals surface area contributed by atoms with Crippen LogP contribution in [-0.2, 0) is 20.9 Å². The second-order valence-corrected chi connectivity index (χ2v) is 7.14. The van der Waals surface area contributed by atoms with Gasteiger partial charge in [0, 0.05) is 6.42 Å². The Balaban J connectivity index is 1.89. The highest BCUT2D eigenvalue weighted by atomic mass is 32.1. The van der Waals surface area contributed by atoms with Crippen molar-refractivity contribution in [2.75, 3.05) is 11.5 Å². The van der Waals surface area contributed by atoms with Crippen LogP contribution in [0.4, 0.5) is 18.9 Å². The third-order valence-electron chi connectivity index (χ3n) is 4.08. The molecule has 0 aliphatic carbocycles. The number of ether oxygens (including phenoxy) is 1. The van der Waals surface area contributed by atoms with E-state index >= 15 is 0 Å². The van der Waals surface area contributed by atoms with E-state index in [1.165, 1.54) is 24.3 Å². The number of esters is 1. The largest absolute Gasteiger partial charge is 0.466 e. The van der Waals surface area contributed by atoms with Gasteiger partial charge in [0.05, 0.1) is 35.5 Å². The molecule has 1 aromatic heterocycles. The topological polar surface area (TPSA) is 59.5 Å². The van der Waals surface area contributed by atoms with Crippen molar-refractivity contribution in [1.82, 2.24) is 4.98 Å². The Kier molecular flexibility index (Phi) is 6.48. The molecule has 0 fully saturated rings. The molecule has 5 nitrogen and oxygen atoms in total. The van der Waals surface area contributed by atoms with Crippen LogP contribution in [0.3, 0.4) is 0 Å². The molecule has 0 N–H and O–H groups in total. The van der Waals surface area contributed by atoms with Crippen LogP contribution in [0.2, 0.25) is 0 Å². The molecule has 0 bridgehead atoms. The summed E-state index contributed by atoms with van der Waals surface area (Å²) in [6.07, 6.45) is -0.349. The van der Waals surface area contributed by atoms with Gasteiger partial charge in [0.25, 0.3) is 0 Å². The molecular weight excluding hydrogens is 405 g/mol. The van der Waals surface area contributed by atoms with Gasteiger partial charge in [-0.15, -0.1) is 11.3 Å². The van der Waals surface area contributed by atoms with Crippen molar-refractivity contribution in [3.05, 3.63) is 58.9 Å². The molecule has 0 unspecified atom stereocenters. The number of anilines is 1. The highest BCUT2D eigenvalue weighted by molar-refractivity contribution is 7.18. The fourth-order valence-electron chi connectivity index (χ4n) is 2.74. The number of hydrogen-bond donors (Lipinski definition) is 0. The van der Waals surface area contributed by atoms with Crippen LogP contribution >= 0.6 is 11.3 Å². The monoisotopic (exact) mass is 422 g/mol. The Labute approximate surface area is 168 Å². The van der Waals surface area contributed by atoms with Gasteiger partial charge >= 0.3 is 5.97 Å². The van der Waals surface area contributed by atoms with Gasteiger partial charge in [0.1, 0.15) is 10.8 Å². The van der Waals surface area contributed by atoms with Crippen molar-refractivity contribution < 1.29 is 27.5 Å². The van der Waals surface area contributed by atoms with E-state index in [1.807, 2.05) is 0 Å². The molecule has 29 heavy (non-hydrogen) atoms. The summed E-state index contributed by atoms with van der Waals surface area (Å²) < 4.78 is 46.6. The highest BCUT2D eigenvalue weighted by Crippen LogP contribution is 2.29. The van der Waals surface area contributed by atoms with Gasteiger partial charge in [-0.25, -0.2) is 18.2 Å². The number of hydrogen-bond acceptors (Lipinski definition) is 5. The lowest BCUT2D eigenvalue weighted by molar-refractivity contribution is -0.144. The summed E-state index contributed by atoms with van der Waals surface area (Å²) in [5.41, 5.74) is 0.253. The van der Waals surface area contributed by atoms with E-state index in [4.69, 9.17) is 4.74 Å². The smallest absolute Gasteiger partial charge is 0.306 e. The molecule has 3 rings (SSSR count). The molecule has 0 atom stereocenters. The molecule has 0 spiro atoms. The molecular formula is C20H17F3N2O3S. The number of amides is 1. The number of halogens is 3. The lowest BCUT2D eigenvalue weighted by Gasteiger charge is -2.22. The van der Waals surface area contributed by atoms with E-state index in [1.54, 1.807) is 13.0 Å². The van der Waals surface area contributed by atoms with Crippen molar-refractivity contribution in [3.63, 3.8) is 0 Å². The average Bonchev–Trinajstić information content (AvgIpc) is 3.12. The molecule has 0 saturated heterocycles. The number of benzene rings is 2. The SMILES string of the molecule is CCOC(=O)CCC(=O)N(Cc1nc2ccc(F)c(F)c2s1)c1ccccc1F. The van der Waals surface area contributed by atoms with Crippen molar-refractivity contribution in [2.45, 2.75) is 26.3 Å². The number of aromatic nitrogens is 1. The maximum atomic E-state index is 14.3. The zero-order chi connectivity index (χ0) is 21.0. The van der Waals surface area contributed by atoms with Crippen molar-refractivity contribution in [2.24, 2.45) is 0 Å². The first-order valence-corrected chi connectivity index (χ1v) is 9.66. The molecule has 2 aromatic carbocycles. The number of carbonyl (C=O) groups is 2. The van der Waals surface area contributed by atoms with Gasteiger partial charge in [0.15, 0.2) is 11.6 Å². The van der Waals surface area contributed by atoms with Crippen molar-refractivity contribution in [3.8, 4) is 0 Å². The summed E-state index contributed by atoms with van der Waals surface area (Å²) in [6.45, 7) is 1.70. The number of thiazole rings is 1. The Morgan fingerprint density at radius 3 is 2.55 bits per heavy atom. The molecule has 0 aliphatic heterocycles. The third-order valence-corrected chi connectivity index (χ3v) is 5.13. The molecule has 3 aromatic rings. The Bertz CT molecular complexity index is 1050. The molecule has 152 valence electrons. The maximum absolute atomic E-state index is 14.3. The van der Waals surface area contributed by atoms with Gasteiger partial charge in [0.2, 0.25) is 5.91 Å². The van der Waals surface area contributed by atoms with Gasteiger partial charge in [-0.2, -0.15) is 0 Å². The average molecular weight is 422 g/mol. The summed E-state index contributed by atoms with van der Waals surface area (Å²) in [5, 5.41) is 0.303. The lowest BCUT2D eigenvalue weighted by atomic mass is 10.2. The highest BCUT2D eigenvalue weighted by Gasteiger charge is 2.23. The standard InChI is InChI=1S/C20H17F3N2O3S/c1-2-28-18(27)10-9-17(26)25(15-6-4-3-5-12(15)21)11-16-24-14-8-7-13(22)19(23)20(14)29-16/h3-8H,2,9-11H2,1H3. The van der Waals surface area contributed by atoms with Crippen LogP contribution in [0, 0.1) is 17.5 Å². The summed E-state index contributed by atoms with van der Waals surface area (Å²) >= 11 is 0.883. The van der Waals surface area contributed by atoms with Crippen LogP contribution < -0.4 is 4.90 Å². The van der Waals surface area contributed by atoms with Crippen LogP contribution in [0.5, 0.6) is 0 Å². The summed E-state index contributed by atoms with van der Waals surface area (Å²) in [6, 6.07) is 7.98. The minimum atomic E-state index is -1.02. The predicted octanol–water partition coefficient (Wildman–Crippen LogP) is 4.59. The van der Waals surface area contributed by atoms with Gasteiger partial charge in [-0.3, -0.25) is 9.59 Å². The quantitative estimate of drug-likeness (QED) is 0.523. The van der Waals surface area contributed by atoms with E-state index in [2.05, 4.69) is 4.98 Å². The van der Waals surface area contributed by atoms with Crippen LogP contribution in [-0.4, -0.2) is 23.5 Å².